The van der Waals surface area contributed by atoms with Crippen LogP contribution in [0.15, 0.2) is 109 Å². The molecule has 47 heavy (non-hydrogen) atoms. The molecule has 1 aliphatic rings. The zero-order valence-electron chi connectivity index (χ0n) is 25.9. The molecule has 4 amide bonds. The molecular formula is C37H38N4O6. The Hall–Kier alpha value is -5.48. The first kappa shape index (κ1) is 32.9. The Morgan fingerprint density at radius 3 is 2.00 bits per heavy atom. The Kier molecular flexibility index (Phi) is 11.3. The van der Waals surface area contributed by atoms with Crippen molar-refractivity contribution in [2.45, 2.75) is 50.4 Å². The lowest BCUT2D eigenvalue weighted by atomic mass is 10.0. The van der Waals surface area contributed by atoms with Gasteiger partial charge in [0.1, 0.15) is 36.2 Å². The van der Waals surface area contributed by atoms with Crippen LogP contribution in [0.3, 0.4) is 0 Å². The fraction of sp³-hybridized carbons (Fsp3) is 0.243. The fourth-order valence-corrected chi connectivity index (χ4v) is 5.42. The summed E-state index contributed by atoms with van der Waals surface area (Å²) >= 11 is 0. The molecule has 0 unspecified atom stereocenters. The minimum Gasteiger partial charge on any atom is -0.457 e. The predicted molar refractivity (Wildman–Crippen MR) is 176 cm³/mol. The average Bonchev–Trinajstić information content (AvgIpc) is 3.09. The van der Waals surface area contributed by atoms with Crippen LogP contribution in [0.5, 0.6) is 11.5 Å². The van der Waals surface area contributed by atoms with E-state index < -0.39 is 42.5 Å². The van der Waals surface area contributed by atoms with Gasteiger partial charge in [-0.15, -0.1) is 0 Å². The molecular weight excluding hydrogens is 596 g/mol. The summed E-state index contributed by atoms with van der Waals surface area (Å²) in [6.07, 6.45) is 0.948. The van der Waals surface area contributed by atoms with Crippen LogP contribution < -0.4 is 26.0 Å². The summed E-state index contributed by atoms with van der Waals surface area (Å²) in [5.74, 6) is -1.21. The van der Waals surface area contributed by atoms with E-state index in [0.717, 1.165) is 16.7 Å². The number of carbonyl (C=O) groups excluding carboxylic acids is 4. The summed E-state index contributed by atoms with van der Waals surface area (Å²) in [4.78, 5) is 53.6. The molecule has 4 bridgehead atoms. The maximum absolute atomic E-state index is 14.0. The Labute approximate surface area is 273 Å². The molecule has 10 heteroatoms. The standard InChI is InChI=1S/C37H38N4O6/c42-24-34(43)39-33-22-28-14-8-16-30(20-28)47-29-15-7-13-27(19-29)21-32(35(44)38-23-26-11-5-2-6-12-26)41-36(45)31(40-37(33)46)18-17-25-9-3-1-4-10-25/h1-16,19-20,31-33,42H,17-18,21-24H2,(H,38,44)(H,39,43)(H,40,46)(H,41,45)/t31-,32-,33-/m0/s1. The Morgan fingerprint density at radius 2 is 1.36 bits per heavy atom. The van der Waals surface area contributed by atoms with E-state index in [1.807, 2.05) is 78.9 Å². The molecule has 0 fully saturated rings. The highest BCUT2D eigenvalue weighted by atomic mass is 16.5. The van der Waals surface area contributed by atoms with Crippen LogP contribution in [-0.4, -0.2) is 53.5 Å². The van der Waals surface area contributed by atoms with E-state index in [0.29, 0.717) is 23.5 Å². The second-order valence-corrected chi connectivity index (χ2v) is 11.4. The summed E-state index contributed by atoms with van der Waals surface area (Å²) < 4.78 is 6.12. The van der Waals surface area contributed by atoms with Crippen molar-refractivity contribution in [1.82, 2.24) is 21.3 Å². The highest BCUT2D eigenvalue weighted by Crippen LogP contribution is 2.24. The molecule has 1 aliphatic heterocycles. The molecule has 1 heterocycles. The first-order valence-electron chi connectivity index (χ1n) is 15.6. The van der Waals surface area contributed by atoms with Gasteiger partial charge in [0.15, 0.2) is 0 Å². The minimum absolute atomic E-state index is 0.0757. The van der Waals surface area contributed by atoms with Crippen molar-refractivity contribution in [3.8, 4) is 11.5 Å². The molecule has 0 aromatic heterocycles. The molecule has 5 rings (SSSR count). The summed E-state index contributed by atoms with van der Waals surface area (Å²) in [5, 5.41) is 20.6. The predicted octanol–water partition coefficient (Wildman–Crippen LogP) is 2.97. The van der Waals surface area contributed by atoms with Crippen LogP contribution in [0.25, 0.3) is 0 Å². The fourth-order valence-electron chi connectivity index (χ4n) is 5.42. The van der Waals surface area contributed by atoms with Crippen molar-refractivity contribution in [3.63, 3.8) is 0 Å². The van der Waals surface area contributed by atoms with Gasteiger partial charge in [-0.25, -0.2) is 0 Å². The number of rotatable bonds is 8. The number of aliphatic hydroxyl groups is 1. The van der Waals surface area contributed by atoms with E-state index in [4.69, 9.17) is 4.74 Å². The van der Waals surface area contributed by atoms with E-state index >= 15 is 0 Å². The monoisotopic (exact) mass is 634 g/mol. The smallest absolute Gasteiger partial charge is 0.246 e. The third kappa shape index (κ3) is 9.75. The van der Waals surface area contributed by atoms with Crippen molar-refractivity contribution >= 4 is 23.6 Å². The molecule has 242 valence electrons. The first-order chi connectivity index (χ1) is 22.9. The number of amides is 4. The molecule has 0 radical (unpaired) electrons. The normalized spacial score (nSPS) is 18.2. The number of aryl methyl sites for hydroxylation is 1. The number of carbonyl (C=O) groups is 4. The Morgan fingerprint density at radius 1 is 0.745 bits per heavy atom. The van der Waals surface area contributed by atoms with Crippen molar-refractivity contribution in [2.75, 3.05) is 6.61 Å². The van der Waals surface area contributed by atoms with E-state index in [1.54, 1.807) is 30.3 Å². The number of aliphatic hydroxyl groups excluding tert-OH is 1. The number of fused-ring (bicyclic) bond motifs is 4. The maximum atomic E-state index is 14.0. The van der Waals surface area contributed by atoms with Gasteiger partial charge in [0.05, 0.1) is 0 Å². The number of benzene rings is 4. The highest BCUT2D eigenvalue weighted by molar-refractivity contribution is 5.94. The highest BCUT2D eigenvalue weighted by Gasteiger charge is 2.30. The van der Waals surface area contributed by atoms with Gasteiger partial charge in [-0.2, -0.15) is 0 Å². The van der Waals surface area contributed by atoms with Crippen LogP contribution in [0.4, 0.5) is 0 Å². The topological polar surface area (TPSA) is 146 Å². The van der Waals surface area contributed by atoms with Gasteiger partial charge in [-0.05, 0) is 59.4 Å². The Bertz CT molecular complexity index is 1680. The summed E-state index contributed by atoms with van der Waals surface area (Å²) in [5.41, 5.74) is 3.34. The van der Waals surface area contributed by atoms with Crippen LogP contribution in [0.2, 0.25) is 0 Å². The van der Waals surface area contributed by atoms with Crippen LogP contribution >= 0.6 is 0 Å². The summed E-state index contributed by atoms with van der Waals surface area (Å²) in [6, 6.07) is 30.3. The number of ether oxygens (including phenoxy) is 1. The van der Waals surface area contributed by atoms with E-state index in [2.05, 4.69) is 21.3 Å². The zero-order chi connectivity index (χ0) is 33.0. The molecule has 4 aromatic carbocycles. The average molecular weight is 635 g/mol. The number of hydrogen-bond donors (Lipinski definition) is 5. The van der Waals surface area contributed by atoms with Crippen molar-refractivity contribution < 1.29 is 29.0 Å². The van der Waals surface area contributed by atoms with Gasteiger partial charge in [0, 0.05) is 19.4 Å². The van der Waals surface area contributed by atoms with E-state index in [1.165, 1.54) is 0 Å². The van der Waals surface area contributed by atoms with Crippen molar-refractivity contribution in [3.05, 3.63) is 131 Å². The van der Waals surface area contributed by atoms with Gasteiger partial charge in [-0.3, -0.25) is 19.2 Å². The lowest BCUT2D eigenvalue weighted by Crippen LogP contribution is -2.57. The third-order valence-corrected chi connectivity index (χ3v) is 7.85. The lowest BCUT2D eigenvalue weighted by Gasteiger charge is -2.26. The zero-order valence-corrected chi connectivity index (χ0v) is 25.9. The molecule has 0 spiro atoms. The largest absolute Gasteiger partial charge is 0.457 e. The minimum atomic E-state index is -1.10. The van der Waals surface area contributed by atoms with Gasteiger partial charge in [0.2, 0.25) is 23.6 Å². The Balaban J connectivity index is 1.48. The molecule has 5 N–H and O–H groups in total. The van der Waals surface area contributed by atoms with Crippen molar-refractivity contribution in [2.24, 2.45) is 0 Å². The molecule has 3 atom stereocenters. The van der Waals surface area contributed by atoms with Gasteiger partial charge >= 0.3 is 0 Å². The van der Waals surface area contributed by atoms with Crippen LogP contribution in [0.1, 0.15) is 28.7 Å². The number of hydrogen-bond acceptors (Lipinski definition) is 6. The maximum Gasteiger partial charge on any atom is 0.246 e. The summed E-state index contributed by atoms with van der Waals surface area (Å²) in [6.45, 7) is -0.535. The van der Waals surface area contributed by atoms with Crippen molar-refractivity contribution in [1.29, 1.82) is 0 Å². The molecule has 4 aromatic rings. The molecule has 0 saturated heterocycles. The van der Waals surface area contributed by atoms with E-state index in [-0.39, 0.29) is 31.7 Å². The van der Waals surface area contributed by atoms with Crippen LogP contribution in [-0.2, 0) is 45.0 Å². The van der Waals surface area contributed by atoms with Crippen LogP contribution in [0, 0.1) is 0 Å². The first-order valence-corrected chi connectivity index (χ1v) is 15.6. The second kappa shape index (κ2) is 16.2. The second-order valence-electron chi connectivity index (χ2n) is 11.4. The van der Waals surface area contributed by atoms with Gasteiger partial charge in [-0.1, -0.05) is 84.9 Å². The third-order valence-electron chi connectivity index (χ3n) is 7.85. The van der Waals surface area contributed by atoms with Gasteiger partial charge < -0.3 is 31.1 Å². The van der Waals surface area contributed by atoms with Gasteiger partial charge in [0.25, 0.3) is 0 Å². The molecule has 0 aliphatic carbocycles. The SMILES string of the molecule is O=C(CO)N[C@H]1Cc2cccc(c2)Oc2cccc(c2)C[C@@H](C(=O)NCc2ccccc2)NC(=O)[C@H](CCc2ccccc2)NC1=O. The summed E-state index contributed by atoms with van der Waals surface area (Å²) in [7, 11) is 0. The molecule has 10 nitrogen and oxygen atoms in total. The molecule has 0 saturated carbocycles. The number of nitrogens with one attached hydrogen (secondary N) is 4. The van der Waals surface area contributed by atoms with E-state index in [9.17, 15) is 24.3 Å². The quantitative estimate of drug-likeness (QED) is 0.202. The lowest BCUT2D eigenvalue weighted by molar-refractivity contribution is -0.134.